The van der Waals surface area contributed by atoms with Gasteiger partial charge in [0.25, 0.3) is 0 Å². The maximum absolute atomic E-state index is 12.8. The molecule has 3 rings (SSSR count). The second-order valence-electron chi connectivity index (χ2n) is 7.55. The predicted octanol–water partition coefficient (Wildman–Crippen LogP) is 2.15. The van der Waals surface area contributed by atoms with Crippen LogP contribution in [-0.4, -0.2) is 36.6 Å². The van der Waals surface area contributed by atoms with Crippen LogP contribution in [0.1, 0.15) is 65.2 Å². The zero-order valence-corrected chi connectivity index (χ0v) is 14.4. The van der Waals surface area contributed by atoms with Gasteiger partial charge in [-0.15, -0.1) is 0 Å². The Hall–Kier alpha value is -1.10. The zero-order valence-electron chi connectivity index (χ0n) is 14.4. The summed E-state index contributed by atoms with van der Waals surface area (Å²) in [5.74, 6) is 0.188. The van der Waals surface area contributed by atoms with Crippen molar-refractivity contribution in [1.82, 2.24) is 10.6 Å². The molecule has 3 aliphatic rings. The molecule has 0 aromatic carbocycles. The van der Waals surface area contributed by atoms with E-state index < -0.39 is 0 Å². The first-order chi connectivity index (χ1) is 11.1. The average Bonchev–Trinajstić information content (AvgIpc) is 2.95. The maximum Gasteiger partial charge on any atom is 0.243 e. The van der Waals surface area contributed by atoms with E-state index in [9.17, 15) is 9.59 Å². The molecule has 0 aliphatic heterocycles. The van der Waals surface area contributed by atoms with Crippen LogP contribution in [0, 0.1) is 11.3 Å². The fourth-order valence-corrected chi connectivity index (χ4v) is 4.81. The van der Waals surface area contributed by atoms with Crippen LogP contribution in [0.3, 0.4) is 0 Å². The topological polar surface area (TPSA) is 67.4 Å². The number of hydrogen-bond donors (Lipinski definition) is 2. The summed E-state index contributed by atoms with van der Waals surface area (Å²) in [6.07, 6.45) is 9.14. The van der Waals surface area contributed by atoms with Crippen LogP contribution in [0.15, 0.2) is 0 Å². The molecule has 2 N–H and O–H groups in total. The molecule has 0 aromatic heterocycles. The van der Waals surface area contributed by atoms with Gasteiger partial charge in [-0.25, -0.2) is 0 Å². The third-order valence-corrected chi connectivity index (χ3v) is 6.27. The minimum Gasteiger partial charge on any atom is -0.378 e. The summed E-state index contributed by atoms with van der Waals surface area (Å²) in [6.45, 7) is 4.27. The highest BCUT2D eigenvalue weighted by atomic mass is 16.5. The predicted molar refractivity (Wildman–Crippen MR) is 87.8 cm³/mol. The van der Waals surface area contributed by atoms with Gasteiger partial charge in [-0.2, -0.15) is 0 Å². The number of nitrogens with one attached hydrogen (secondary N) is 2. The lowest BCUT2D eigenvalue weighted by Gasteiger charge is -2.61. The minimum atomic E-state index is -0.363. The highest BCUT2D eigenvalue weighted by Gasteiger charge is 2.59. The number of amides is 2. The van der Waals surface area contributed by atoms with Gasteiger partial charge in [-0.05, 0) is 44.9 Å². The summed E-state index contributed by atoms with van der Waals surface area (Å²) in [7, 11) is 0. The van der Waals surface area contributed by atoms with Gasteiger partial charge in [0.2, 0.25) is 11.8 Å². The van der Waals surface area contributed by atoms with Crippen molar-refractivity contribution in [2.75, 3.05) is 6.61 Å². The average molecular weight is 322 g/mol. The van der Waals surface area contributed by atoms with Crippen molar-refractivity contribution in [2.24, 2.45) is 11.3 Å². The summed E-state index contributed by atoms with van der Waals surface area (Å²) in [6, 6.07) is -0.142. The molecule has 0 unspecified atom stereocenters. The molecule has 0 saturated heterocycles. The SMILES string of the molecule is CCO[C@@H]1C[C@H](NC(=O)[C@H](NC(C)=O)C2CCCC2)C12CCC2. The summed E-state index contributed by atoms with van der Waals surface area (Å²) in [5.41, 5.74) is 0.169. The minimum absolute atomic E-state index is 0.0123. The van der Waals surface area contributed by atoms with E-state index in [1.54, 1.807) is 0 Å². The van der Waals surface area contributed by atoms with Crippen molar-refractivity contribution in [3.8, 4) is 0 Å². The lowest BCUT2D eigenvalue weighted by atomic mass is 9.51. The molecule has 2 amide bonds. The molecule has 3 atom stereocenters. The number of hydrogen-bond acceptors (Lipinski definition) is 3. The van der Waals surface area contributed by atoms with Gasteiger partial charge in [0.15, 0.2) is 0 Å². The van der Waals surface area contributed by atoms with Gasteiger partial charge in [0, 0.05) is 25.0 Å². The molecule has 3 aliphatic carbocycles. The van der Waals surface area contributed by atoms with E-state index >= 15 is 0 Å². The summed E-state index contributed by atoms with van der Waals surface area (Å²) >= 11 is 0. The van der Waals surface area contributed by atoms with Gasteiger partial charge in [0.1, 0.15) is 6.04 Å². The Kier molecular flexibility index (Phi) is 4.95. The number of ether oxygens (including phenoxy) is 1. The van der Waals surface area contributed by atoms with Gasteiger partial charge in [-0.3, -0.25) is 9.59 Å². The Bertz CT molecular complexity index is 455. The second-order valence-corrected chi connectivity index (χ2v) is 7.55. The van der Waals surface area contributed by atoms with E-state index in [0.29, 0.717) is 12.0 Å². The van der Waals surface area contributed by atoms with Crippen LogP contribution in [0.5, 0.6) is 0 Å². The Morgan fingerprint density at radius 3 is 2.43 bits per heavy atom. The molecule has 130 valence electrons. The third kappa shape index (κ3) is 3.12. The standard InChI is InChI=1S/C18H30N2O3/c1-3-23-15-11-14(18(15)9-6-10-18)20-17(22)16(19-12(2)21)13-7-4-5-8-13/h13-16H,3-11H2,1-2H3,(H,19,21)(H,20,22)/t14-,15+,16+/m0/s1. The van der Waals surface area contributed by atoms with Crippen molar-refractivity contribution in [2.45, 2.75) is 83.4 Å². The van der Waals surface area contributed by atoms with Crippen molar-refractivity contribution < 1.29 is 14.3 Å². The monoisotopic (exact) mass is 322 g/mol. The zero-order chi connectivity index (χ0) is 16.4. The van der Waals surface area contributed by atoms with Gasteiger partial charge in [0.05, 0.1) is 6.10 Å². The molecular formula is C18H30N2O3. The Morgan fingerprint density at radius 1 is 1.22 bits per heavy atom. The Balaban J connectivity index is 1.61. The first-order valence-corrected chi connectivity index (χ1v) is 9.26. The first-order valence-electron chi connectivity index (χ1n) is 9.26. The molecule has 5 nitrogen and oxygen atoms in total. The number of carbonyl (C=O) groups excluding carboxylic acids is 2. The molecule has 0 heterocycles. The van der Waals surface area contributed by atoms with Crippen molar-refractivity contribution in [3.05, 3.63) is 0 Å². The van der Waals surface area contributed by atoms with E-state index in [4.69, 9.17) is 4.74 Å². The van der Waals surface area contributed by atoms with E-state index in [1.807, 2.05) is 6.92 Å². The van der Waals surface area contributed by atoms with Crippen molar-refractivity contribution in [1.29, 1.82) is 0 Å². The molecule has 1 spiro atoms. The smallest absolute Gasteiger partial charge is 0.243 e. The second kappa shape index (κ2) is 6.80. The third-order valence-electron chi connectivity index (χ3n) is 6.27. The van der Waals surface area contributed by atoms with Gasteiger partial charge < -0.3 is 15.4 Å². The lowest BCUT2D eigenvalue weighted by molar-refractivity contribution is -0.176. The van der Waals surface area contributed by atoms with E-state index in [1.165, 1.54) is 13.3 Å². The number of rotatable bonds is 6. The fraction of sp³-hybridized carbons (Fsp3) is 0.889. The quantitative estimate of drug-likeness (QED) is 0.787. The number of carbonyl (C=O) groups is 2. The Morgan fingerprint density at radius 2 is 1.91 bits per heavy atom. The molecule has 0 aromatic rings. The molecule has 0 bridgehead atoms. The lowest BCUT2D eigenvalue weighted by Crippen LogP contribution is -2.69. The fourth-order valence-electron chi connectivity index (χ4n) is 4.81. The van der Waals surface area contributed by atoms with Crippen LogP contribution in [0.2, 0.25) is 0 Å². The summed E-state index contributed by atoms with van der Waals surface area (Å²) in [4.78, 5) is 24.3. The highest BCUT2D eigenvalue weighted by Crippen LogP contribution is 2.57. The molecule has 0 radical (unpaired) electrons. The van der Waals surface area contributed by atoms with Crippen LogP contribution < -0.4 is 10.6 Å². The molecule has 5 heteroatoms. The largest absolute Gasteiger partial charge is 0.378 e. The van der Waals surface area contributed by atoms with Gasteiger partial charge in [-0.1, -0.05) is 19.3 Å². The highest BCUT2D eigenvalue weighted by molar-refractivity contribution is 5.87. The van der Waals surface area contributed by atoms with Crippen LogP contribution >= 0.6 is 0 Å². The molecular weight excluding hydrogens is 292 g/mol. The first kappa shape index (κ1) is 16.7. The van der Waals surface area contributed by atoms with Crippen LogP contribution in [-0.2, 0) is 14.3 Å². The van der Waals surface area contributed by atoms with Crippen molar-refractivity contribution in [3.63, 3.8) is 0 Å². The summed E-state index contributed by atoms with van der Waals surface area (Å²) in [5, 5.41) is 6.14. The van der Waals surface area contributed by atoms with Crippen molar-refractivity contribution >= 4 is 11.8 Å². The van der Waals surface area contributed by atoms with Crippen LogP contribution in [0.25, 0.3) is 0 Å². The molecule has 3 saturated carbocycles. The molecule has 3 fully saturated rings. The Labute approximate surface area is 138 Å². The molecule has 23 heavy (non-hydrogen) atoms. The van der Waals surface area contributed by atoms with Gasteiger partial charge >= 0.3 is 0 Å². The van der Waals surface area contributed by atoms with E-state index in [0.717, 1.165) is 51.6 Å². The van der Waals surface area contributed by atoms with E-state index in [2.05, 4.69) is 10.6 Å². The normalized spacial score (nSPS) is 30.3. The van der Waals surface area contributed by atoms with E-state index in [-0.39, 0.29) is 29.3 Å². The summed E-state index contributed by atoms with van der Waals surface area (Å²) < 4.78 is 5.85. The van der Waals surface area contributed by atoms with Crippen LogP contribution in [0.4, 0.5) is 0 Å². The maximum atomic E-state index is 12.8.